The van der Waals surface area contributed by atoms with E-state index in [1.54, 1.807) is 0 Å². The van der Waals surface area contributed by atoms with Crippen LogP contribution in [0.5, 0.6) is 0 Å². The Labute approximate surface area is 125 Å². The number of hydrogen-bond acceptors (Lipinski definition) is 0. The summed E-state index contributed by atoms with van der Waals surface area (Å²) in [6.07, 6.45) is 16.1. The van der Waals surface area contributed by atoms with Crippen molar-refractivity contribution in [3.05, 3.63) is 24.3 Å². The summed E-state index contributed by atoms with van der Waals surface area (Å²) < 4.78 is 0. The second-order valence-corrected chi connectivity index (χ2v) is 8.12. The van der Waals surface area contributed by atoms with Crippen molar-refractivity contribution in [2.45, 2.75) is 72.1 Å². The van der Waals surface area contributed by atoms with Crippen molar-refractivity contribution >= 4 is 0 Å². The molecule has 5 unspecified atom stereocenters. The van der Waals surface area contributed by atoms with Gasteiger partial charge in [-0.25, -0.2) is 0 Å². The van der Waals surface area contributed by atoms with E-state index < -0.39 is 0 Å². The van der Waals surface area contributed by atoms with E-state index in [2.05, 4.69) is 39.5 Å². The fraction of sp³-hybridized carbons (Fsp3) is 0.800. The van der Waals surface area contributed by atoms with Gasteiger partial charge in [0.25, 0.3) is 0 Å². The molecule has 2 saturated carbocycles. The van der Waals surface area contributed by atoms with Gasteiger partial charge in [0, 0.05) is 0 Å². The van der Waals surface area contributed by atoms with Gasteiger partial charge in [-0.1, -0.05) is 51.3 Å². The van der Waals surface area contributed by atoms with Crippen LogP contribution in [0.15, 0.2) is 24.3 Å². The molecule has 3 rings (SSSR count). The number of allylic oxidation sites excluding steroid dienone is 3. The molecule has 2 fully saturated rings. The van der Waals surface area contributed by atoms with Gasteiger partial charge in [0.15, 0.2) is 0 Å². The quantitative estimate of drug-likeness (QED) is 0.529. The molecule has 20 heavy (non-hydrogen) atoms. The smallest absolute Gasteiger partial charge is 0.00853 e. The summed E-state index contributed by atoms with van der Waals surface area (Å²) in [5, 5.41) is 0. The van der Waals surface area contributed by atoms with Crippen LogP contribution in [0.4, 0.5) is 0 Å². The molecule has 5 atom stereocenters. The van der Waals surface area contributed by atoms with Gasteiger partial charge in [-0.05, 0) is 67.1 Å². The highest BCUT2D eigenvalue weighted by atomic mass is 14.6. The lowest BCUT2D eigenvalue weighted by Crippen LogP contribution is -2.49. The Morgan fingerprint density at radius 2 is 2.10 bits per heavy atom. The Morgan fingerprint density at radius 3 is 2.80 bits per heavy atom. The summed E-state index contributed by atoms with van der Waals surface area (Å²) in [7, 11) is 0. The molecular formula is C20H32. The van der Waals surface area contributed by atoms with Crippen molar-refractivity contribution in [3.8, 4) is 0 Å². The van der Waals surface area contributed by atoms with Crippen molar-refractivity contribution in [1.29, 1.82) is 0 Å². The molecule has 0 amide bonds. The minimum absolute atomic E-state index is 0.381. The maximum Gasteiger partial charge on any atom is -0.00853 e. The van der Waals surface area contributed by atoms with Crippen LogP contribution in [0, 0.1) is 28.6 Å². The van der Waals surface area contributed by atoms with E-state index >= 15 is 0 Å². The number of hydrogen-bond donors (Lipinski definition) is 0. The lowest BCUT2D eigenvalue weighted by Gasteiger charge is -2.57. The van der Waals surface area contributed by atoms with Gasteiger partial charge in [-0.15, -0.1) is 6.58 Å². The molecule has 0 bridgehead atoms. The van der Waals surface area contributed by atoms with Gasteiger partial charge in [0.2, 0.25) is 0 Å². The molecule has 0 aromatic rings. The monoisotopic (exact) mass is 272 g/mol. The first-order valence-electron chi connectivity index (χ1n) is 8.88. The summed E-state index contributed by atoms with van der Waals surface area (Å²) in [4.78, 5) is 0. The zero-order valence-electron chi connectivity index (χ0n) is 13.8. The Kier molecular flexibility index (Phi) is 3.63. The fourth-order valence-corrected chi connectivity index (χ4v) is 6.07. The zero-order valence-corrected chi connectivity index (χ0v) is 13.8. The highest BCUT2D eigenvalue weighted by Gasteiger charge is 2.52. The first-order chi connectivity index (χ1) is 9.55. The highest BCUT2D eigenvalue weighted by Crippen LogP contribution is 2.61. The van der Waals surface area contributed by atoms with Crippen molar-refractivity contribution in [3.63, 3.8) is 0 Å². The maximum absolute atomic E-state index is 4.18. The summed E-state index contributed by atoms with van der Waals surface area (Å²) in [5.41, 5.74) is 2.74. The van der Waals surface area contributed by atoms with Gasteiger partial charge >= 0.3 is 0 Å². The van der Waals surface area contributed by atoms with Gasteiger partial charge in [-0.2, -0.15) is 0 Å². The lowest BCUT2D eigenvalue weighted by atomic mass is 9.47. The molecule has 0 heterocycles. The molecule has 0 aliphatic heterocycles. The summed E-state index contributed by atoms with van der Waals surface area (Å²) in [6, 6.07) is 0. The molecule has 0 saturated heterocycles. The average Bonchev–Trinajstić information content (AvgIpc) is 2.46. The van der Waals surface area contributed by atoms with Crippen molar-refractivity contribution in [2.24, 2.45) is 28.6 Å². The lowest BCUT2D eigenvalue weighted by molar-refractivity contribution is -0.0220. The van der Waals surface area contributed by atoms with E-state index in [0.29, 0.717) is 10.8 Å². The first-order valence-corrected chi connectivity index (χ1v) is 8.88. The third-order valence-corrected chi connectivity index (χ3v) is 7.36. The molecule has 0 radical (unpaired) electrons. The second-order valence-electron chi connectivity index (χ2n) is 8.12. The van der Waals surface area contributed by atoms with Crippen LogP contribution in [0.1, 0.15) is 72.1 Å². The van der Waals surface area contributed by atoms with E-state index in [-0.39, 0.29) is 0 Å². The predicted octanol–water partition coefficient (Wildman–Crippen LogP) is 6.14. The molecule has 0 heteroatoms. The second kappa shape index (κ2) is 5.04. The normalized spacial score (nSPS) is 48.0. The van der Waals surface area contributed by atoms with E-state index in [9.17, 15) is 0 Å². The van der Waals surface area contributed by atoms with Crippen molar-refractivity contribution in [1.82, 2.24) is 0 Å². The van der Waals surface area contributed by atoms with E-state index in [1.807, 2.05) is 5.57 Å². The third kappa shape index (κ3) is 1.94. The number of fused-ring (bicyclic) bond motifs is 3. The van der Waals surface area contributed by atoms with Crippen molar-refractivity contribution in [2.75, 3.05) is 0 Å². The van der Waals surface area contributed by atoms with Crippen LogP contribution >= 0.6 is 0 Å². The zero-order chi connectivity index (χ0) is 14.4. The molecule has 0 spiro atoms. The summed E-state index contributed by atoms with van der Waals surface area (Å²) in [5.74, 6) is 2.69. The van der Waals surface area contributed by atoms with Crippen molar-refractivity contribution < 1.29 is 0 Å². The van der Waals surface area contributed by atoms with Crippen LogP contribution in [-0.2, 0) is 0 Å². The Bertz CT molecular complexity index is 418. The maximum atomic E-state index is 4.18. The van der Waals surface area contributed by atoms with Gasteiger partial charge in [0.1, 0.15) is 0 Å². The van der Waals surface area contributed by atoms with Crippen LogP contribution < -0.4 is 0 Å². The van der Waals surface area contributed by atoms with Crippen LogP contribution in [0.2, 0.25) is 0 Å². The SMILES string of the molecule is C=CC1(C)CCC2C(CC=C3CCCCC32C)C1CC. The Morgan fingerprint density at radius 1 is 1.30 bits per heavy atom. The molecule has 0 N–H and O–H groups in total. The Balaban J connectivity index is 1.95. The standard InChI is InChI=1S/C20H32/c1-5-17-16-11-10-15-9-7-8-13-20(15,4)18(16)12-14-19(17,3)6-2/h6,10,16-18H,2,5,7-9,11-14H2,1,3-4H3. The van der Waals surface area contributed by atoms with E-state index in [0.717, 1.165) is 17.8 Å². The van der Waals surface area contributed by atoms with Crippen LogP contribution in [0.25, 0.3) is 0 Å². The molecule has 0 nitrogen and oxygen atoms in total. The first kappa shape index (κ1) is 14.4. The van der Waals surface area contributed by atoms with Gasteiger partial charge in [0.05, 0.1) is 0 Å². The summed E-state index contributed by atoms with van der Waals surface area (Å²) in [6.45, 7) is 11.6. The van der Waals surface area contributed by atoms with Crippen LogP contribution in [0.3, 0.4) is 0 Å². The largest absolute Gasteiger partial charge is 0.103 e. The minimum Gasteiger partial charge on any atom is -0.103 e. The molecular weight excluding hydrogens is 240 g/mol. The summed E-state index contributed by atoms with van der Waals surface area (Å²) >= 11 is 0. The molecule has 0 aromatic heterocycles. The topological polar surface area (TPSA) is 0 Å². The number of rotatable bonds is 2. The fourth-order valence-electron chi connectivity index (χ4n) is 6.07. The predicted molar refractivity (Wildman–Crippen MR) is 87.6 cm³/mol. The highest BCUT2D eigenvalue weighted by molar-refractivity contribution is 5.24. The molecule has 112 valence electrons. The average molecular weight is 272 g/mol. The third-order valence-electron chi connectivity index (χ3n) is 7.36. The molecule has 3 aliphatic carbocycles. The van der Waals surface area contributed by atoms with Gasteiger partial charge in [-0.3, -0.25) is 0 Å². The molecule has 0 aromatic carbocycles. The van der Waals surface area contributed by atoms with E-state index in [4.69, 9.17) is 0 Å². The minimum atomic E-state index is 0.381. The van der Waals surface area contributed by atoms with E-state index in [1.165, 1.54) is 51.4 Å². The van der Waals surface area contributed by atoms with Gasteiger partial charge < -0.3 is 0 Å². The Hall–Kier alpha value is -0.520. The van der Waals surface area contributed by atoms with Crippen LogP contribution in [-0.4, -0.2) is 0 Å². The molecule has 3 aliphatic rings.